The minimum absolute atomic E-state index is 0.00683. The third kappa shape index (κ3) is 3.43. The molecule has 142 valence electrons. The first kappa shape index (κ1) is 17.0. The van der Waals surface area contributed by atoms with Gasteiger partial charge in [-0.1, -0.05) is 16.8 Å². The molecule has 7 heteroatoms. The van der Waals surface area contributed by atoms with Crippen LogP contribution in [0.1, 0.15) is 48.4 Å². The number of fused-ring (bicyclic) bond motifs is 1. The van der Waals surface area contributed by atoms with Gasteiger partial charge >= 0.3 is 0 Å². The Labute approximate surface area is 162 Å². The Morgan fingerprint density at radius 2 is 1.93 bits per heavy atom. The summed E-state index contributed by atoms with van der Waals surface area (Å²) in [6.07, 6.45) is 9.34. The Morgan fingerprint density at radius 3 is 2.70 bits per heavy atom. The Bertz CT molecular complexity index is 841. The van der Waals surface area contributed by atoms with Gasteiger partial charge in [-0.3, -0.25) is 9.78 Å². The van der Waals surface area contributed by atoms with E-state index in [9.17, 15) is 4.79 Å². The maximum atomic E-state index is 13.1. The van der Waals surface area contributed by atoms with Gasteiger partial charge in [-0.15, -0.1) is 0 Å². The largest absolute Gasteiger partial charge is 0.484 e. The van der Waals surface area contributed by atoms with Crippen molar-refractivity contribution in [1.29, 1.82) is 0 Å². The second kappa shape index (κ2) is 6.82. The summed E-state index contributed by atoms with van der Waals surface area (Å²) >= 11 is 5.90. The fourth-order valence-corrected chi connectivity index (χ4v) is 5.45. The molecular weight excluding hydrogens is 366 g/mol. The minimum atomic E-state index is -0.00683. The monoisotopic (exact) mass is 387 g/mol. The zero-order valence-corrected chi connectivity index (χ0v) is 15.8. The van der Waals surface area contributed by atoms with Crippen molar-refractivity contribution in [2.24, 2.45) is 17.8 Å². The van der Waals surface area contributed by atoms with E-state index in [0.717, 1.165) is 31.2 Å². The molecule has 2 aliphatic carbocycles. The van der Waals surface area contributed by atoms with Crippen LogP contribution in [-0.2, 0) is 6.61 Å². The maximum absolute atomic E-state index is 13.1. The smallest absolute Gasteiger partial charge is 0.276 e. The lowest BCUT2D eigenvalue weighted by Gasteiger charge is -2.38. The highest BCUT2D eigenvalue weighted by Crippen LogP contribution is 2.47. The molecule has 2 aromatic heterocycles. The zero-order valence-electron chi connectivity index (χ0n) is 15.0. The number of aromatic nitrogens is 2. The van der Waals surface area contributed by atoms with Crippen LogP contribution in [0.4, 0.5) is 0 Å². The number of amides is 1. The van der Waals surface area contributed by atoms with E-state index in [4.69, 9.17) is 20.9 Å². The van der Waals surface area contributed by atoms with E-state index in [2.05, 4.69) is 15.0 Å². The van der Waals surface area contributed by atoms with Crippen LogP contribution in [0.25, 0.3) is 0 Å². The molecule has 4 fully saturated rings. The number of carbonyl (C=O) groups is 1. The summed E-state index contributed by atoms with van der Waals surface area (Å²) in [5.74, 6) is 3.31. The number of nitrogens with zero attached hydrogens (tertiary/aromatic N) is 3. The van der Waals surface area contributed by atoms with Crippen LogP contribution in [0.2, 0.25) is 5.02 Å². The van der Waals surface area contributed by atoms with Crippen molar-refractivity contribution in [2.45, 2.75) is 44.8 Å². The van der Waals surface area contributed by atoms with Gasteiger partial charge in [-0.05, 0) is 49.9 Å². The van der Waals surface area contributed by atoms with Gasteiger partial charge in [-0.25, -0.2) is 0 Å². The van der Waals surface area contributed by atoms with Gasteiger partial charge in [0.1, 0.15) is 12.4 Å². The lowest BCUT2D eigenvalue weighted by Crippen LogP contribution is -2.42. The molecule has 0 N–H and O–H groups in total. The van der Waals surface area contributed by atoms with Crippen molar-refractivity contribution in [3.63, 3.8) is 0 Å². The van der Waals surface area contributed by atoms with Crippen LogP contribution in [0.5, 0.6) is 5.75 Å². The molecule has 1 amide bonds. The number of halogens is 1. The number of pyridine rings is 1. The summed E-state index contributed by atoms with van der Waals surface area (Å²) in [6.45, 7) is 1.04. The topological polar surface area (TPSA) is 68.5 Å². The van der Waals surface area contributed by atoms with Crippen LogP contribution in [0, 0.1) is 17.8 Å². The summed E-state index contributed by atoms with van der Waals surface area (Å²) in [4.78, 5) is 19.1. The molecule has 4 bridgehead atoms. The highest BCUT2D eigenvalue weighted by Gasteiger charge is 2.44. The molecule has 27 heavy (non-hydrogen) atoms. The molecule has 2 saturated carbocycles. The van der Waals surface area contributed by atoms with Gasteiger partial charge in [0.2, 0.25) is 0 Å². The number of hydrogen-bond acceptors (Lipinski definition) is 5. The SMILES string of the molecule is O=C(c1cc(COc2cncc(Cl)c2)on1)N1CC2C[C@@H]3CC1C[C@H](C2)C3. The third-order valence-corrected chi connectivity index (χ3v) is 6.41. The summed E-state index contributed by atoms with van der Waals surface area (Å²) in [6, 6.07) is 3.73. The average molecular weight is 388 g/mol. The number of ether oxygens (including phenoxy) is 1. The molecule has 2 aliphatic heterocycles. The number of rotatable bonds is 4. The van der Waals surface area contributed by atoms with E-state index in [-0.39, 0.29) is 12.5 Å². The molecule has 0 spiro atoms. The quantitative estimate of drug-likeness (QED) is 0.794. The molecule has 0 aromatic carbocycles. The van der Waals surface area contributed by atoms with Crippen molar-refractivity contribution in [1.82, 2.24) is 15.0 Å². The Hall–Kier alpha value is -2.08. The van der Waals surface area contributed by atoms with Crippen LogP contribution in [0.15, 0.2) is 29.0 Å². The van der Waals surface area contributed by atoms with Gasteiger partial charge in [0.05, 0.1) is 11.2 Å². The molecule has 4 atom stereocenters. The van der Waals surface area contributed by atoms with Crippen LogP contribution in [0.3, 0.4) is 0 Å². The van der Waals surface area contributed by atoms with E-state index < -0.39 is 0 Å². The normalized spacial score (nSPS) is 29.0. The van der Waals surface area contributed by atoms with Crippen LogP contribution < -0.4 is 4.74 Å². The Kier molecular flexibility index (Phi) is 4.31. The number of carbonyl (C=O) groups excluding carboxylic acids is 1. The maximum Gasteiger partial charge on any atom is 0.276 e. The van der Waals surface area contributed by atoms with Gasteiger partial charge in [0.25, 0.3) is 5.91 Å². The third-order valence-electron chi connectivity index (χ3n) is 6.21. The summed E-state index contributed by atoms with van der Waals surface area (Å²) < 4.78 is 10.9. The fourth-order valence-electron chi connectivity index (χ4n) is 5.29. The van der Waals surface area contributed by atoms with Gasteiger partial charge in [-0.2, -0.15) is 0 Å². The van der Waals surface area contributed by atoms with E-state index in [1.165, 1.54) is 19.3 Å². The van der Waals surface area contributed by atoms with Crippen molar-refractivity contribution in [3.8, 4) is 5.75 Å². The van der Waals surface area contributed by atoms with Gasteiger partial charge < -0.3 is 14.2 Å². The molecule has 4 heterocycles. The first-order chi connectivity index (χ1) is 13.1. The van der Waals surface area contributed by atoms with Crippen LogP contribution >= 0.6 is 11.6 Å². The molecule has 4 aliphatic rings. The summed E-state index contributed by atoms with van der Waals surface area (Å²) in [5, 5.41) is 4.51. The second-order valence-electron chi connectivity index (χ2n) is 8.19. The van der Waals surface area contributed by atoms with Crippen molar-refractivity contribution < 1.29 is 14.1 Å². The predicted octanol–water partition coefficient (Wildman–Crippen LogP) is 3.95. The van der Waals surface area contributed by atoms with Crippen molar-refractivity contribution in [2.75, 3.05) is 6.54 Å². The average Bonchev–Trinajstić information content (AvgIpc) is 3.03. The molecular formula is C20H22ClN3O3. The van der Waals surface area contributed by atoms with Crippen molar-refractivity contribution >= 4 is 17.5 Å². The highest BCUT2D eigenvalue weighted by molar-refractivity contribution is 6.30. The number of hydrogen-bond donors (Lipinski definition) is 0. The van der Waals surface area contributed by atoms with E-state index in [1.54, 1.807) is 24.5 Å². The minimum Gasteiger partial charge on any atom is -0.484 e. The summed E-state index contributed by atoms with van der Waals surface area (Å²) in [5.41, 5.74) is 0.374. The van der Waals surface area contributed by atoms with Crippen LogP contribution in [-0.4, -0.2) is 33.5 Å². The van der Waals surface area contributed by atoms with E-state index in [1.807, 2.05) is 0 Å². The molecule has 2 saturated heterocycles. The first-order valence-corrected chi connectivity index (χ1v) is 10.0. The lowest BCUT2D eigenvalue weighted by molar-refractivity contribution is 0.0622. The van der Waals surface area contributed by atoms with Crippen molar-refractivity contribution in [3.05, 3.63) is 41.0 Å². The zero-order chi connectivity index (χ0) is 18.4. The summed E-state index contributed by atoms with van der Waals surface area (Å²) in [7, 11) is 0. The highest BCUT2D eigenvalue weighted by atomic mass is 35.5. The van der Waals surface area contributed by atoms with E-state index in [0.29, 0.717) is 34.2 Å². The first-order valence-electron chi connectivity index (χ1n) is 9.64. The Morgan fingerprint density at radius 1 is 1.15 bits per heavy atom. The molecule has 6 nitrogen and oxygen atoms in total. The molecule has 2 aromatic rings. The molecule has 6 rings (SSSR count). The van der Waals surface area contributed by atoms with Gasteiger partial charge in [0, 0.05) is 30.9 Å². The standard InChI is InChI=1S/C20H22ClN3O3/c21-15-6-17(9-22-8-15)26-11-18-7-19(23-27-18)20(25)24-10-14-2-12-1-13(3-14)5-16(24)4-12/h6-9,12-14,16H,1-5,10-11H2/t12-,13+,14?,16?. The van der Waals surface area contributed by atoms with E-state index >= 15 is 0 Å². The lowest BCUT2D eigenvalue weighted by atomic mass is 9.68. The Balaban J connectivity index is 1.27. The fraction of sp³-hybridized carbons (Fsp3) is 0.550. The molecule has 0 radical (unpaired) electrons. The second-order valence-corrected chi connectivity index (χ2v) is 8.63. The predicted molar refractivity (Wildman–Crippen MR) is 98.5 cm³/mol. The molecule has 2 unspecified atom stereocenters. The van der Waals surface area contributed by atoms with Gasteiger partial charge in [0.15, 0.2) is 11.5 Å².